The van der Waals surface area contributed by atoms with Crippen LogP contribution in [0.2, 0.25) is 0 Å². The van der Waals surface area contributed by atoms with Crippen molar-refractivity contribution < 1.29 is 18.4 Å². The first-order chi connectivity index (χ1) is 11.5. The van der Waals surface area contributed by atoms with E-state index in [1.807, 2.05) is 0 Å². The van der Waals surface area contributed by atoms with Crippen molar-refractivity contribution in [3.63, 3.8) is 0 Å². The lowest BCUT2D eigenvalue weighted by Gasteiger charge is -2.04. The molecule has 0 saturated carbocycles. The van der Waals surface area contributed by atoms with Gasteiger partial charge in [0.25, 0.3) is 5.91 Å². The third-order valence-corrected chi connectivity index (χ3v) is 4.35. The van der Waals surface area contributed by atoms with Crippen molar-refractivity contribution in [2.75, 3.05) is 0 Å². The van der Waals surface area contributed by atoms with E-state index in [2.05, 4.69) is 10.9 Å². The largest absolute Gasteiger partial charge is 0.456 e. The molecule has 0 saturated heterocycles. The predicted octanol–water partition coefficient (Wildman–Crippen LogP) is 3.53. The fourth-order valence-electron chi connectivity index (χ4n) is 2.02. The second-order valence-electron chi connectivity index (χ2n) is 4.99. The van der Waals surface area contributed by atoms with Crippen LogP contribution in [0.25, 0.3) is 10.4 Å². The highest BCUT2D eigenvalue weighted by atomic mass is 32.1. The van der Waals surface area contributed by atoms with Crippen molar-refractivity contribution >= 4 is 23.2 Å². The van der Waals surface area contributed by atoms with Crippen LogP contribution >= 0.6 is 11.3 Å². The van der Waals surface area contributed by atoms with Gasteiger partial charge in [0.1, 0.15) is 11.6 Å². The minimum Gasteiger partial charge on any atom is -0.456 e. The van der Waals surface area contributed by atoms with Gasteiger partial charge in [-0.15, -0.1) is 11.3 Å². The Hall–Kier alpha value is -2.93. The molecule has 0 aliphatic carbocycles. The van der Waals surface area contributed by atoms with Gasteiger partial charge in [-0.25, -0.2) is 4.39 Å². The first-order valence-corrected chi connectivity index (χ1v) is 7.87. The molecular formula is C17H13FN2O3S. The summed E-state index contributed by atoms with van der Waals surface area (Å²) in [6, 6.07) is 12.6. The zero-order valence-electron chi connectivity index (χ0n) is 12.6. The summed E-state index contributed by atoms with van der Waals surface area (Å²) in [4.78, 5) is 25.1. The number of carbonyl (C=O) groups is 2. The predicted molar refractivity (Wildman–Crippen MR) is 88.1 cm³/mol. The van der Waals surface area contributed by atoms with Crippen LogP contribution in [0.3, 0.4) is 0 Å². The summed E-state index contributed by atoms with van der Waals surface area (Å²) >= 11 is 1.24. The summed E-state index contributed by atoms with van der Waals surface area (Å²) in [6.45, 7) is 1.72. The summed E-state index contributed by atoms with van der Waals surface area (Å²) in [7, 11) is 0. The van der Waals surface area contributed by atoms with Crippen molar-refractivity contribution in [1.29, 1.82) is 0 Å². The third kappa shape index (κ3) is 3.52. The maximum atomic E-state index is 12.9. The summed E-state index contributed by atoms with van der Waals surface area (Å²) < 4.78 is 18.1. The molecule has 3 rings (SSSR count). The fraction of sp³-hybridized carbons (Fsp3) is 0.0588. The van der Waals surface area contributed by atoms with Crippen molar-refractivity contribution in [3.8, 4) is 10.4 Å². The summed E-state index contributed by atoms with van der Waals surface area (Å²) in [5.74, 6) is -0.569. The van der Waals surface area contributed by atoms with E-state index in [4.69, 9.17) is 4.42 Å². The highest BCUT2D eigenvalue weighted by Gasteiger charge is 2.14. The zero-order chi connectivity index (χ0) is 17.1. The molecule has 0 aliphatic rings. The molecule has 24 heavy (non-hydrogen) atoms. The topological polar surface area (TPSA) is 71.3 Å². The average Bonchev–Trinajstić information content (AvgIpc) is 3.22. The average molecular weight is 344 g/mol. The van der Waals surface area contributed by atoms with Crippen molar-refractivity contribution in [2.24, 2.45) is 0 Å². The Morgan fingerprint density at radius 3 is 2.33 bits per heavy atom. The van der Waals surface area contributed by atoms with Gasteiger partial charge in [-0.05, 0) is 48.9 Å². The van der Waals surface area contributed by atoms with E-state index in [0.29, 0.717) is 10.6 Å². The van der Waals surface area contributed by atoms with Crippen LogP contribution in [-0.4, -0.2) is 11.8 Å². The summed E-state index contributed by atoms with van der Waals surface area (Å²) in [5.41, 5.74) is 5.44. The van der Waals surface area contributed by atoms with Crippen LogP contribution < -0.4 is 10.9 Å². The molecule has 2 heterocycles. The minimum absolute atomic E-state index is 0.117. The van der Waals surface area contributed by atoms with E-state index in [1.54, 1.807) is 37.3 Å². The second-order valence-corrected chi connectivity index (χ2v) is 6.07. The number of nitrogens with one attached hydrogen (secondary N) is 2. The quantitative estimate of drug-likeness (QED) is 0.714. The summed E-state index contributed by atoms with van der Waals surface area (Å²) in [5, 5.41) is 0. The number of halogens is 1. The van der Waals surface area contributed by atoms with Crippen molar-refractivity contribution in [2.45, 2.75) is 6.92 Å². The number of thiophene rings is 1. The van der Waals surface area contributed by atoms with Crippen LogP contribution in [0.15, 0.2) is 52.9 Å². The monoisotopic (exact) mass is 344 g/mol. The Bertz CT molecular complexity index is 883. The standard InChI is InChI=1S/C17H13FN2O3S/c1-10-2-7-13(23-10)16(21)19-20-17(22)15-9-8-14(24-15)11-3-5-12(18)6-4-11/h2-9H,1H3,(H,19,21)(H,20,22). The van der Waals surface area contributed by atoms with Crippen LogP contribution in [0.4, 0.5) is 4.39 Å². The van der Waals surface area contributed by atoms with E-state index in [0.717, 1.165) is 10.4 Å². The molecule has 7 heteroatoms. The Morgan fingerprint density at radius 1 is 0.958 bits per heavy atom. The van der Waals surface area contributed by atoms with Crippen molar-refractivity contribution in [1.82, 2.24) is 10.9 Å². The number of benzene rings is 1. The molecule has 2 amide bonds. The number of carbonyl (C=O) groups excluding carboxylic acids is 2. The normalized spacial score (nSPS) is 10.4. The molecule has 0 spiro atoms. The van der Waals surface area contributed by atoms with Crippen LogP contribution in [0, 0.1) is 12.7 Å². The highest BCUT2D eigenvalue weighted by Crippen LogP contribution is 2.28. The van der Waals surface area contributed by atoms with Crippen LogP contribution in [0.5, 0.6) is 0 Å². The number of hydrazine groups is 1. The van der Waals surface area contributed by atoms with Gasteiger partial charge in [0.2, 0.25) is 0 Å². The van der Waals surface area contributed by atoms with E-state index in [1.165, 1.54) is 29.5 Å². The maximum absolute atomic E-state index is 12.9. The lowest BCUT2D eigenvalue weighted by atomic mass is 10.2. The Balaban J connectivity index is 1.63. The number of aryl methyl sites for hydroxylation is 1. The molecule has 0 radical (unpaired) electrons. The lowest BCUT2D eigenvalue weighted by Crippen LogP contribution is -2.41. The number of rotatable bonds is 3. The van der Waals surface area contributed by atoms with E-state index >= 15 is 0 Å². The first kappa shape index (κ1) is 15.9. The van der Waals surface area contributed by atoms with Gasteiger partial charge in [0, 0.05) is 4.88 Å². The van der Waals surface area contributed by atoms with Crippen LogP contribution in [0.1, 0.15) is 26.0 Å². The van der Waals surface area contributed by atoms with Gasteiger partial charge in [-0.3, -0.25) is 20.4 Å². The number of hydrogen-bond donors (Lipinski definition) is 2. The van der Waals surface area contributed by atoms with E-state index < -0.39 is 11.8 Å². The first-order valence-electron chi connectivity index (χ1n) is 7.06. The van der Waals surface area contributed by atoms with Gasteiger partial charge in [-0.2, -0.15) is 0 Å². The fourth-order valence-corrected chi connectivity index (χ4v) is 2.93. The second kappa shape index (κ2) is 6.67. The smallest absolute Gasteiger partial charge is 0.305 e. The molecule has 2 N–H and O–H groups in total. The molecule has 5 nitrogen and oxygen atoms in total. The Kier molecular flexibility index (Phi) is 4.43. The Labute approximate surface area is 141 Å². The number of furan rings is 1. The van der Waals surface area contributed by atoms with Gasteiger partial charge in [-0.1, -0.05) is 12.1 Å². The molecule has 3 aromatic rings. The molecule has 0 aliphatic heterocycles. The molecule has 0 unspecified atom stereocenters. The molecule has 0 bridgehead atoms. The van der Waals surface area contributed by atoms with Gasteiger partial charge in [0.05, 0.1) is 4.88 Å². The van der Waals surface area contributed by atoms with E-state index in [-0.39, 0.29) is 11.6 Å². The highest BCUT2D eigenvalue weighted by molar-refractivity contribution is 7.17. The lowest BCUT2D eigenvalue weighted by molar-refractivity contribution is 0.0832. The van der Waals surface area contributed by atoms with Crippen LogP contribution in [-0.2, 0) is 0 Å². The van der Waals surface area contributed by atoms with Gasteiger partial charge >= 0.3 is 5.91 Å². The number of hydrogen-bond acceptors (Lipinski definition) is 4. The molecular weight excluding hydrogens is 331 g/mol. The van der Waals surface area contributed by atoms with Gasteiger partial charge in [0.15, 0.2) is 5.76 Å². The SMILES string of the molecule is Cc1ccc(C(=O)NNC(=O)c2ccc(-c3ccc(F)cc3)s2)o1. The molecule has 1 aromatic carbocycles. The minimum atomic E-state index is -0.535. The molecule has 0 atom stereocenters. The molecule has 0 fully saturated rings. The van der Waals surface area contributed by atoms with Crippen molar-refractivity contribution in [3.05, 3.63) is 70.7 Å². The molecule has 122 valence electrons. The Morgan fingerprint density at radius 2 is 1.67 bits per heavy atom. The molecule has 2 aromatic heterocycles. The van der Waals surface area contributed by atoms with E-state index in [9.17, 15) is 14.0 Å². The van der Waals surface area contributed by atoms with Gasteiger partial charge < -0.3 is 4.42 Å². The maximum Gasteiger partial charge on any atom is 0.305 e. The third-order valence-electron chi connectivity index (χ3n) is 3.21. The summed E-state index contributed by atoms with van der Waals surface area (Å²) in [6.07, 6.45) is 0. The zero-order valence-corrected chi connectivity index (χ0v) is 13.4. The number of amides is 2.